The van der Waals surface area contributed by atoms with E-state index in [9.17, 15) is 57.8 Å². The van der Waals surface area contributed by atoms with Crippen LogP contribution in [0.2, 0.25) is 0 Å². The van der Waals surface area contributed by atoms with Gasteiger partial charge in [0, 0.05) is 62.3 Å². The number of rotatable bonds is 39. The summed E-state index contributed by atoms with van der Waals surface area (Å²) in [5.74, 6) is -14.7. The number of aliphatic hydroxyl groups is 1. The molecule has 0 spiro atoms. The third kappa shape index (κ3) is 25.3. The van der Waals surface area contributed by atoms with Crippen LogP contribution in [0.1, 0.15) is 184 Å². The molecule has 0 aromatic heterocycles. The van der Waals surface area contributed by atoms with Crippen molar-refractivity contribution in [1.82, 2.24) is 31.9 Å². The molecule has 1 aliphatic heterocycles. The number of fused-ring (bicyclic) bond motifs is 1. The number of amides is 7. The summed E-state index contributed by atoms with van der Waals surface area (Å²) in [7, 11) is 0. The van der Waals surface area contributed by atoms with Crippen molar-refractivity contribution < 1.29 is 67.4 Å². The van der Waals surface area contributed by atoms with Crippen LogP contribution in [0.5, 0.6) is 0 Å². The lowest BCUT2D eigenvalue weighted by atomic mass is 9.83. The number of nitrogens with one attached hydrogen (secondary N) is 6. The minimum absolute atomic E-state index is 0.0481. The second kappa shape index (κ2) is 41.3. The number of hydrogen-bond acceptors (Lipinski definition) is 15. The number of amidine groups is 1. The topological polar surface area (TPSA) is 371 Å². The van der Waals surface area contributed by atoms with Gasteiger partial charge in [0.15, 0.2) is 23.1 Å². The van der Waals surface area contributed by atoms with Gasteiger partial charge in [-0.15, -0.1) is 0 Å². The lowest BCUT2D eigenvalue weighted by molar-refractivity contribution is -0.157. The Morgan fingerprint density at radius 2 is 1.22 bits per heavy atom. The van der Waals surface area contributed by atoms with E-state index in [0.29, 0.717) is 63.7 Å². The summed E-state index contributed by atoms with van der Waals surface area (Å²) in [5, 5.41) is 29.4. The molecule has 23 heteroatoms. The molecular weight excluding hydrogens is 1250 g/mol. The Morgan fingerprint density at radius 3 is 1.82 bits per heavy atom. The van der Waals surface area contributed by atoms with Gasteiger partial charge in [0.05, 0.1) is 36.5 Å². The molecule has 0 saturated carbocycles. The third-order valence-corrected chi connectivity index (χ3v) is 19.6. The van der Waals surface area contributed by atoms with E-state index in [1.54, 1.807) is 41.5 Å². The predicted molar refractivity (Wildman–Crippen MR) is 376 cm³/mol. The molecule has 0 radical (unpaired) electrons. The molecule has 4 rings (SSSR count). The number of aliphatic hydroxyl groups excluding tert-OH is 1. The number of Topliss-reactive ketones (excluding diaryl/α,β-unsaturated/α-hetero) is 4. The number of nitrogens with two attached hydrogens (primary N) is 2. The number of esters is 1. The third-order valence-electron chi connectivity index (χ3n) is 19.6. The Bertz CT molecular complexity index is 3220. The van der Waals surface area contributed by atoms with Crippen LogP contribution < -0.4 is 43.4 Å². The highest BCUT2D eigenvalue weighted by Crippen LogP contribution is 2.28. The lowest BCUT2D eigenvalue weighted by Crippen LogP contribution is -2.55. The zero-order valence-electron chi connectivity index (χ0n) is 59.8. The van der Waals surface area contributed by atoms with Crippen LogP contribution >= 0.6 is 0 Å². The van der Waals surface area contributed by atoms with Crippen molar-refractivity contribution in [3.05, 3.63) is 83.9 Å². The van der Waals surface area contributed by atoms with Crippen LogP contribution in [0.4, 0.5) is 0 Å². The van der Waals surface area contributed by atoms with E-state index in [2.05, 4.69) is 36.9 Å². The second-order valence-corrected chi connectivity index (χ2v) is 27.2. The van der Waals surface area contributed by atoms with E-state index < -0.39 is 174 Å². The van der Waals surface area contributed by atoms with Gasteiger partial charge in [0.1, 0.15) is 24.2 Å². The average Bonchev–Trinajstić information content (AvgIpc) is 0.973. The summed E-state index contributed by atoms with van der Waals surface area (Å²) in [6, 6.07) is 15.3. The SMILES string of the molecule is CC[C@H](Cc1ccccc1)C(=O)N[C@H](C(=O)C[C@@H](Cc1cccc2ccccc12)C(=O)N[C@H](CCC(N)=O)C(=O)C[C@@H](C(=O)N[C@H](C(=O)C[C@@H](CO)C(=O)N[C@H]1C(=O)C[C@@H](C)C(=O)N[C@@H](CCCCN=C(C)N)C(=O)N[C@@H]([C@@H](C)CC)C(=O)O[C@H]1C)[C@@H](C)CC)[C@@H](C)CC)[C@@H](C)CC. The number of benzene rings is 3. The first kappa shape index (κ1) is 82.2. The summed E-state index contributed by atoms with van der Waals surface area (Å²) < 4.78 is 5.85. The molecule has 98 heavy (non-hydrogen) atoms. The Balaban J connectivity index is 1.62. The van der Waals surface area contributed by atoms with Gasteiger partial charge in [-0.1, -0.05) is 168 Å². The zero-order chi connectivity index (χ0) is 72.9. The number of ketones is 4. The Kier molecular flexibility index (Phi) is 34.6. The molecule has 1 saturated heterocycles. The van der Waals surface area contributed by atoms with Gasteiger partial charge in [0.2, 0.25) is 41.4 Å². The molecule has 7 amide bonds. The summed E-state index contributed by atoms with van der Waals surface area (Å²) >= 11 is 0. The molecule has 3 aromatic carbocycles. The molecule has 1 aliphatic rings. The van der Waals surface area contributed by atoms with Crippen molar-refractivity contribution in [2.24, 2.45) is 69.7 Å². The van der Waals surface area contributed by atoms with E-state index >= 15 is 4.79 Å². The molecule has 1 heterocycles. The van der Waals surface area contributed by atoms with E-state index in [4.69, 9.17) is 16.2 Å². The van der Waals surface area contributed by atoms with Gasteiger partial charge in [0.25, 0.3) is 0 Å². The average molecular weight is 1360 g/mol. The van der Waals surface area contributed by atoms with Crippen LogP contribution in [0.15, 0.2) is 77.8 Å². The first-order valence-corrected chi connectivity index (χ1v) is 35.3. The fraction of sp³-hybridized carbons (Fsp3) is 0.613. The molecule has 0 bridgehead atoms. The van der Waals surface area contributed by atoms with Gasteiger partial charge >= 0.3 is 5.97 Å². The van der Waals surface area contributed by atoms with E-state index in [0.717, 1.165) is 21.9 Å². The van der Waals surface area contributed by atoms with Crippen molar-refractivity contribution in [1.29, 1.82) is 0 Å². The number of carbonyl (C=O) groups excluding carboxylic acids is 12. The monoisotopic (exact) mass is 1360 g/mol. The van der Waals surface area contributed by atoms with Crippen molar-refractivity contribution in [2.45, 2.75) is 228 Å². The number of unbranched alkanes of at least 4 members (excludes halogenated alkanes) is 1. The van der Waals surface area contributed by atoms with Crippen molar-refractivity contribution in [3.8, 4) is 0 Å². The van der Waals surface area contributed by atoms with Gasteiger partial charge < -0.3 is 53.2 Å². The summed E-state index contributed by atoms with van der Waals surface area (Å²) in [6.45, 7) is 20.2. The summed E-state index contributed by atoms with van der Waals surface area (Å²) in [6.07, 6.45) is -0.0359. The molecule has 11 N–H and O–H groups in total. The number of carbonyl (C=O) groups is 12. The maximum Gasteiger partial charge on any atom is 0.329 e. The molecule has 1 fully saturated rings. The standard InChI is InChI=1S/C75H111N9O14/c1-13-43(6)57(41-60(86)58(33-34-64(77)90)79-71(93)54(38-53-30-25-29-52-28-21-22-31-56(52)53)39-62(88)65(44(7)14-2)81-70(92)51(17-5)37-50-26-19-18-20-27-50)73(95)82-66(45(8)15-3)63(89)40-55(42-85)72(94)84-68-48(11)98-75(97)67(46(9)16-4)83-74(96)59(32-23-24-35-78-49(12)76)80-69(91)47(10)36-61(68)87/h18-22,25-31,43-48,51,54-55,57-59,65-68,85H,13-17,23-24,32-42H2,1-12H3,(H2,76,78)(H2,77,90)(H,79,93)(H,80,91)(H,81,92)(H,82,95)(H,83,96)(H,84,94)/t43-,44-,45-,46-,47+,48-,51+,54+,55-,57+,58+,59-,65-,66-,67-,68+/m0/s1. The Labute approximate surface area is 578 Å². The summed E-state index contributed by atoms with van der Waals surface area (Å²) in [5.41, 5.74) is 13.1. The maximum atomic E-state index is 15.1. The van der Waals surface area contributed by atoms with Crippen LogP contribution in [0.3, 0.4) is 0 Å². The van der Waals surface area contributed by atoms with Gasteiger partial charge in [-0.2, -0.15) is 0 Å². The maximum absolute atomic E-state index is 15.1. The zero-order valence-corrected chi connectivity index (χ0v) is 59.8. The van der Waals surface area contributed by atoms with Gasteiger partial charge in [-0.3, -0.25) is 57.7 Å². The highest BCUT2D eigenvalue weighted by Gasteiger charge is 2.41. The number of nitrogens with zero attached hydrogens (tertiary/aromatic N) is 1. The quantitative estimate of drug-likeness (QED) is 0.0122. The van der Waals surface area contributed by atoms with Crippen LogP contribution in [-0.4, -0.2) is 137 Å². The fourth-order valence-electron chi connectivity index (χ4n) is 12.3. The highest BCUT2D eigenvalue weighted by atomic mass is 16.5. The first-order valence-electron chi connectivity index (χ1n) is 35.3. The molecule has 540 valence electrons. The molecule has 0 aliphatic carbocycles. The molecule has 23 nitrogen and oxygen atoms in total. The lowest BCUT2D eigenvalue weighted by Gasteiger charge is -2.31. The van der Waals surface area contributed by atoms with Crippen LogP contribution in [0.25, 0.3) is 10.8 Å². The van der Waals surface area contributed by atoms with Crippen LogP contribution in [-0.2, 0) is 75.1 Å². The minimum Gasteiger partial charge on any atom is -0.458 e. The van der Waals surface area contributed by atoms with Gasteiger partial charge in [-0.05, 0) is 104 Å². The van der Waals surface area contributed by atoms with Gasteiger partial charge in [-0.25, -0.2) is 4.79 Å². The largest absolute Gasteiger partial charge is 0.458 e. The fourth-order valence-corrected chi connectivity index (χ4v) is 12.3. The second-order valence-electron chi connectivity index (χ2n) is 27.2. The molecule has 0 unspecified atom stereocenters. The smallest absolute Gasteiger partial charge is 0.329 e. The number of hydrogen-bond donors (Lipinski definition) is 9. The highest BCUT2D eigenvalue weighted by molar-refractivity contribution is 6.00. The van der Waals surface area contributed by atoms with Crippen molar-refractivity contribution >= 4 is 87.1 Å². The predicted octanol–water partition coefficient (Wildman–Crippen LogP) is 6.82. The van der Waals surface area contributed by atoms with E-state index in [1.165, 1.54) is 13.8 Å². The van der Waals surface area contributed by atoms with E-state index in [-0.39, 0.29) is 49.7 Å². The summed E-state index contributed by atoms with van der Waals surface area (Å²) in [4.78, 5) is 175. The van der Waals surface area contributed by atoms with Crippen LogP contribution in [0, 0.1) is 53.3 Å². The number of cyclic esters (lactones) is 1. The van der Waals surface area contributed by atoms with Crippen molar-refractivity contribution in [2.75, 3.05) is 13.2 Å². The number of primary amides is 1. The van der Waals surface area contributed by atoms with E-state index in [1.807, 2.05) is 100 Å². The van der Waals surface area contributed by atoms with Crippen molar-refractivity contribution in [3.63, 3.8) is 0 Å². The minimum atomic E-state index is -1.60. The number of ether oxygens (including phenoxy) is 1. The normalized spacial score (nSPS) is 20.6. The Hall–Kier alpha value is -8.21. The Morgan fingerprint density at radius 1 is 0.633 bits per heavy atom. The molecular formula is C75H111N9O14. The first-order chi connectivity index (χ1) is 46.5. The molecule has 3 aromatic rings. The number of aliphatic imine (C=N–C) groups is 1. The molecule has 16 atom stereocenters.